The van der Waals surface area contributed by atoms with Gasteiger partial charge in [-0.3, -0.25) is 4.90 Å². The van der Waals surface area contributed by atoms with E-state index in [1.807, 2.05) is 42.8 Å². The fourth-order valence-corrected chi connectivity index (χ4v) is 10.6. The molecule has 4 aliphatic heterocycles. The van der Waals surface area contributed by atoms with Crippen molar-refractivity contribution in [1.82, 2.24) is 19.9 Å². The van der Waals surface area contributed by atoms with E-state index in [1.54, 1.807) is 6.20 Å². The first kappa shape index (κ1) is 30.5. The van der Waals surface area contributed by atoms with Crippen molar-refractivity contribution < 1.29 is 9.47 Å². The third-order valence-electron chi connectivity index (χ3n) is 10.8. The van der Waals surface area contributed by atoms with Crippen molar-refractivity contribution >= 4 is 45.6 Å². The van der Waals surface area contributed by atoms with Crippen LogP contribution in [0.15, 0.2) is 18.3 Å². The molecule has 0 aromatic carbocycles. The molecule has 3 saturated heterocycles. The Bertz CT molecular complexity index is 1790. The lowest BCUT2D eigenvalue weighted by atomic mass is 9.88. The first-order valence-electron chi connectivity index (χ1n) is 16.2. The summed E-state index contributed by atoms with van der Waals surface area (Å²) in [7, 11) is 1.91. The zero-order valence-corrected chi connectivity index (χ0v) is 28.2. The van der Waals surface area contributed by atoms with Gasteiger partial charge in [0.1, 0.15) is 28.5 Å². The minimum absolute atomic E-state index is 0.0728. The lowest BCUT2D eigenvalue weighted by Gasteiger charge is -2.48. The van der Waals surface area contributed by atoms with Crippen LogP contribution >= 0.6 is 23.1 Å². The highest BCUT2D eigenvalue weighted by Gasteiger charge is 2.54. The summed E-state index contributed by atoms with van der Waals surface area (Å²) >= 11 is 3.35. The van der Waals surface area contributed by atoms with Gasteiger partial charge in [0.05, 0.1) is 36.2 Å². The number of anilines is 4. The highest BCUT2D eigenvalue weighted by atomic mass is 32.2. The molecule has 5 aliphatic rings. The average Bonchev–Trinajstić information content (AvgIpc) is 3.55. The van der Waals surface area contributed by atoms with Gasteiger partial charge in [0.15, 0.2) is 11.6 Å². The molecule has 2 unspecified atom stereocenters. The number of hydrogen-bond donors (Lipinski definition) is 2. The third-order valence-corrected chi connectivity index (χ3v) is 13.5. The Morgan fingerprint density at radius 3 is 2.57 bits per heavy atom. The van der Waals surface area contributed by atoms with Crippen LogP contribution in [0.5, 0.6) is 6.01 Å². The Balaban J connectivity index is 1.10. The van der Waals surface area contributed by atoms with Gasteiger partial charge in [-0.15, -0.1) is 23.1 Å². The molecule has 2 bridgehead atoms. The molecule has 3 aromatic heterocycles. The predicted molar refractivity (Wildman–Crippen MR) is 182 cm³/mol. The number of thioether (sulfide) groups is 1. The first-order chi connectivity index (χ1) is 22.7. The summed E-state index contributed by atoms with van der Waals surface area (Å²) in [5, 5.41) is 21.1. The number of nitrogens with two attached hydrogens (primary N) is 2. The van der Waals surface area contributed by atoms with E-state index in [9.17, 15) is 10.5 Å². The summed E-state index contributed by atoms with van der Waals surface area (Å²) in [5.74, 6) is 2.29. The number of aromatic nitrogens is 3. The van der Waals surface area contributed by atoms with Gasteiger partial charge in [0.2, 0.25) is 0 Å². The maximum Gasteiger partial charge on any atom is 0.320 e. The molecular weight excluding hydrogens is 633 g/mol. The third kappa shape index (κ3) is 5.05. The summed E-state index contributed by atoms with van der Waals surface area (Å²) in [6, 6.07) is 9.60. The summed E-state index contributed by atoms with van der Waals surface area (Å²) in [4.78, 5) is 22.0. The summed E-state index contributed by atoms with van der Waals surface area (Å²) in [6.07, 6.45) is 6.28. The minimum Gasteiger partial charge on any atom is -0.463 e. The number of nitrogens with zero attached hydrogens (tertiary/aromatic N) is 8. The molecule has 244 valence electrons. The van der Waals surface area contributed by atoms with Crippen molar-refractivity contribution in [3.8, 4) is 18.1 Å². The second-order valence-electron chi connectivity index (χ2n) is 13.7. The molecular formula is C33H38N10O2S2. The van der Waals surface area contributed by atoms with E-state index in [1.165, 1.54) is 29.1 Å². The highest BCUT2D eigenvalue weighted by Crippen LogP contribution is 2.58. The van der Waals surface area contributed by atoms with Crippen molar-refractivity contribution in [1.29, 1.82) is 10.5 Å². The van der Waals surface area contributed by atoms with Crippen LogP contribution in [0.2, 0.25) is 0 Å². The molecule has 8 rings (SSSR count). The van der Waals surface area contributed by atoms with Gasteiger partial charge in [0, 0.05) is 72.1 Å². The van der Waals surface area contributed by atoms with Gasteiger partial charge in [-0.2, -0.15) is 20.5 Å². The van der Waals surface area contributed by atoms with E-state index < -0.39 is 0 Å². The summed E-state index contributed by atoms with van der Waals surface area (Å²) < 4.78 is 12.1. The number of fused-ring (bicyclic) bond motifs is 4. The smallest absolute Gasteiger partial charge is 0.320 e. The van der Waals surface area contributed by atoms with Crippen molar-refractivity contribution in [3.63, 3.8) is 0 Å². The Morgan fingerprint density at radius 1 is 1.15 bits per heavy atom. The molecule has 4 N–H and O–H groups in total. The number of hydrogen-bond acceptors (Lipinski definition) is 14. The molecule has 14 heteroatoms. The average molecular weight is 671 g/mol. The monoisotopic (exact) mass is 670 g/mol. The van der Waals surface area contributed by atoms with Gasteiger partial charge >= 0.3 is 6.01 Å². The van der Waals surface area contributed by atoms with E-state index in [4.69, 9.17) is 30.9 Å². The molecule has 3 aromatic rings. The van der Waals surface area contributed by atoms with E-state index in [0.717, 1.165) is 49.5 Å². The van der Waals surface area contributed by atoms with Crippen LogP contribution in [0.25, 0.3) is 0 Å². The van der Waals surface area contributed by atoms with Crippen LogP contribution in [-0.4, -0.2) is 78.4 Å². The fraction of sp³-hybridized carbons (Fsp3) is 0.545. The van der Waals surface area contributed by atoms with Crippen LogP contribution in [0.4, 0.5) is 22.5 Å². The molecule has 7 heterocycles. The number of nitrogen functional groups attached to an aromatic ring is 2. The van der Waals surface area contributed by atoms with Crippen molar-refractivity contribution in [2.24, 2.45) is 5.41 Å². The van der Waals surface area contributed by atoms with Crippen molar-refractivity contribution in [2.45, 2.75) is 61.2 Å². The van der Waals surface area contributed by atoms with Gasteiger partial charge in [0.25, 0.3) is 0 Å². The minimum atomic E-state index is -0.258. The number of morpholine rings is 1. The standard InChI is InChI=1S/C33H38N10O2S2/c1-19(22-4-3-9-38-27(22)36)41(2)29-24(11-35)30(42-16-33(17-42)26-23(10-34)28(37)47-25(26)14-46-33)40-31(39-29)45-18-32(7-8-32)15-43-20-5-6-21(43)13-44-12-20/h3-4,9,19-21H,5-8,12-18,37H2,1-2H3,(H2,36,38)/t19-,20?,21?/m1/s1. The quantitative estimate of drug-likeness (QED) is 0.335. The number of rotatable bonds is 9. The van der Waals surface area contributed by atoms with Crippen LogP contribution in [-0.2, 0) is 15.2 Å². The zero-order valence-electron chi connectivity index (χ0n) is 26.6. The maximum absolute atomic E-state index is 10.6. The van der Waals surface area contributed by atoms with E-state index >= 15 is 0 Å². The second-order valence-corrected chi connectivity index (χ2v) is 16.2. The number of ether oxygens (including phenoxy) is 2. The maximum atomic E-state index is 10.6. The van der Waals surface area contributed by atoms with E-state index in [2.05, 4.69) is 26.9 Å². The molecule has 3 atom stereocenters. The first-order valence-corrected chi connectivity index (χ1v) is 18.0. The summed E-state index contributed by atoms with van der Waals surface area (Å²) in [6.45, 7) is 6.39. The van der Waals surface area contributed by atoms with Gasteiger partial charge < -0.3 is 30.7 Å². The summed E-state index contributed by atoms with van der Waals surface area (Å²) in [5.41, 5.74) is 15.4. The SMILES string of the molecule is C[C@H](c1cccnc1N)N(C)c1nc(OCC2(CN3C4CCC3COC4)CC2)nc(N2CC3(C2)SCc2sc(N)c(C#N)c23)c1C#N. The van der Waals surface area contributed by atoms with Crippen LogP contribution in [0.1, 0.15) is 65.8 Å². The van der Waals surface area contributed by atoms with Crippen LogP contribution in [0.3, 0.4) is 0 Å². The molecule has 12 nitrogen and oxygen atoms in total. The lowest BCUT2D eigenvalue weighted by molar-refractivity contribution is -0.0271. The van der Waals surface area contributed by atoms with Gasteiger partial charge in [-0.05, 0) is 38.7 Å². The van der Waals surface area contributed by atoms with Gasteiger partial charge in [-0.25, -0.2) is 4.98 Å². The lowest BCUT2D eigenvalue weighted by Crippen LogP contribution is -2.57. The highest BCUT2D eigenvalue weighted by molar-refractivity contribution is 8.00. The van der Waals surface area contributed by atoms with Gasteiger partial charge in [-0.1, -0.05) is 6.07 Å². The normalized spacial score (nSPS) is 23.9. The number of thiophene rings is 1. The molecule has 1 aliphatic carbocycles. The van der Waals surface area contributed by atoms with Crippen LogP contribution < -0.4 is 26.0 Å². The molecule has 0 radical (unpaired) electrons. The molecule has 0 amide bonds. The Kier molecular flexibility index (Phi) is 7.41. The Hall–Kier alpha value is -3.82. The topological polar surface area (TPSA) is 166 Å². The zero-order chi connectivity index (χ0) is 32.5. The van der Waals surface area contributed by atoms with Crippen molar-refractivity contribution in [3.05, 3.63) is 45.5 Å². The number of nitriles is 2. The van der Waals surface area contributed by atoms with Crippen LogP contribution in [0, 0.1) is 28.1 Å². The Labute approximate surface area is 282 Å². The molecule has 47 heavy (non-hydrogen) atoms. The largest absolute Gasteiger partial charge is 0.463 e. The van der Waals surface area contributed by atoms with Crippen molar-refractivity contribution in [2.75, 3.05) is 67.8 Å². The predicted octanol–water partition coefficient (Wildman–Crippen LogP) is 4.02. The Morgan fingerprint density at radius 2 is 1.89 bits per heavy atom. The van der Waals surface area contributed by atoms with E-state index in [0.29, 0.717) is 65.4 Å². The fourth-order valence-electron chi connectivity index (χ4n) is 7.78. The van der Waals surface area contributed by atoms with E-state index in [-0.39, 0.29) is 22.2 Å². The molecule has 4 fully saturated rings. The number of pyridine rings is 1. The molecule has 1 saturated carbocycles. The second kappa shape index (κ2) is 11.4. The molecule has 1 spiro atoms.